The van der Waals surface area contributed by atoms with Gasteiger partial charge in [-0.05, 0) is 61.4 Å². The van der Waals surface area contributed by atoms with Crippen molar-refractivity contribution >= 4 is 17.2 Å². The maximum Gasteiger partial charge on any atom is 0.237 e. The average molecular weight is 371 g/mol. The van der Waals surface area contributed by atoms with E-state index in [0.717, 1.165) is 44.5 Å². The second kappa shape index (κ2) is 7.80. The van der Waals surface area contributed by atoms with Gasteiger partial charge in [0.05, 0.1) is 19.7 Å². The maximum atomic E-state index is 13.1. The van der Waals surface area contributed by atoms with Crippen LogP contribution in [0.2, 0.25) is 0 Å². The van der Waals surface area contributed by atoms with Crippen molar-refractivity contribution in [1.29, 1.82) is 0 Å². The van der Waals surface area contributed by atoms with E-state index in [1.54, 1.807) is 18.4 Å². The summed E-state index contributed by atoms with van der Waals surface area (Å²) in [6.07, 6.45) is 4.44. The molecule has 1 amide bonds. The molecule has 4 rings (SSSR count). The van der Waals surface area contributed by atoms with Gasteiger partial charge in [-0.2, -0.15) is 0 Å². The predicted molar refractivity (Wildman–Crippen MR) is 105 cm³/mol. The first-order valence-corrected chi connectivity index (χ1v) is 10.3. The van der Waals surface area contributed by atoms with Gasteiger partial charge in [0.25, 0.3) is 0 Å². The zero-order valence-corrected chi connectivity index (χ0v) is 16.1. The van der Waals surface area contributed by atoms with E-state index in [1.807, 2.05) is 12.1 Å². The lowest BCUT2D eigenvalue weighted by Crippen LogP contribution is -2.39. The molecule has 2 aliphatic heterocycles. The largest absolute Gasteiger partial charge is 0.497 e. The Bertz CT molecular complexity index is 746. The predicted octanol–water partition coefficient (Wildman–Crippen LogP) is 4.26. The van der Waals surface area contributed by atoms with Crippen LogP contribution in [-0.2, 0) is 4.79 Å². The molecule has 0 aliphatic carbocycles. The summed E-state index contributed by atoms with van der Waals surface area (Å²) in [6, 6.07) is 13.1. The number of likely N-dealkylation sites (tertiary alicyclic amines) is 2. The molecule has 138 valence electrons. The van der Waals surface area contributed by atoms with Gasteiger partial charge in [-0.3, -0.25) is 9.69 Å². The smallest absolute Gasteiger partial charge is 0.237 e. The summed E-state index contributed by atoms with van der Waals surface area (Å²) < 4.78 is 5.37. The second-order valence-corrected chi connectivity index (χ2v) is 8.14. The van der Waals surface area contributed by atoms with Crippen molar-refractivity contribution in [2.45, 2.75) is 37.8 Å². The van der Waals surface area contributed by atoms with E-state index >= 15 is 0 Å². The molecule has 2 unspecified atom stereocenters. The Labute approximate surface area is 159 Å². The number of benzene rings is 1. The van der Waals surface area contributed by atoms with Crippen LogP contribution in [-0.4, -0.2) is 42.5 Å². The molecule has 1 aromatic carbocycles. The third-order valence-corrected chi connectivity index (χ3v) is 6.60. The Morgan fingerprint density at radius 1 is 1.15 bits per heavy atom. The third-order valence-electron chi connectivity index (χ3n) is 5.63. The van der Waals surface area contributed by atoms with Crippen molar-refractivity contribution in [3.8, 4) is 5.75 Å². The van der Waals surface area contributed by atoms with Gasteiger partial charge < -0.3 is 9.64 Å². The molecule has 4 nitrogen and oxygen atoms in total. The molecule has 0 bridgehead atoms. The van der Waals surface area contributed by atoms with Crippen LogP contribution in [0.5, 0.6) is 5.75 Å². The van der Waals surface area contributed by atoms with Crippen molar-refractivity contribution in [3.05, 3.63) is 52.2 Å². The normalized spacial score (nSPS) is 23.5. The molecular weight excluding hydrogens is 344 g/mol. The van der Waals surface area contributed by atoms with Crippen LogP contribution >= 0.6 is 11.3 Å². The topological polar surface area (TPSA) is 32.8 Å². The van der Waals surface area contributed by atoms with Crippen LogP contribution in [0.25, 0.3) is 0 Å². The summed E-state index contributed by atoms with van der Waals surface area (Å²) in [5.74, 6) is 1.16. The average Bonchev–Trinajstić information content (AvgIpc) is 3.41. The maximum absolute atomic E-state index is 13.1. The fraction of sp³-hybridized carbons (Fsp3) is 0.476. The number of amides is 1. The van der Waals surface area contributed by atoms with Gasteiger partial charge in [-0.25, -0.2) is 0 Å². The quantitative estimate of drug-likeness (QED) is 0.788. The Balaban J connectivity index is 1.46. The summed E-state index contributed by atoms with van der Waals surface area (Å²) in [7, 11) is 1.70. The molecule has 0 N–H and O–H groups in total. The molecule has 5 heteroatoms. The minimum Gasteiger partial charge on any atom is -0.497 e. The Morgan fingerprint density at radius 3 is 2.81 bits per heavy atom. The van der Waals surface area contributed by atoms with E-state index in [2.05, 4.69) is 39.4 Å². The molecule has 2 aliphatic rings. The molecule has 2 aromatic rings. The van der Waals surface area contributed by atoms with Crippen LogP contribution in [0.3, 0.4) is 0 Å². The van der Waals surface area contributed by atoms with E-state index in [4.69, 9.17) is 4.74 Å². The molecule has 0 spiro atoms. The number of ether oxygens (including phenoxy) is 1. The lowest BCUT2D eigenvalue weighted by molar-refractivity contribution is -0.133. The number of hydrogen-bond donors (Lipinski definition) is 0. The second-order valence-electron chi connectivity index (χ2n) is 7.17. The van der Waals surface area contributed by atoms with Crippen LogP contribution in [0.1, 0.15) is 48.2 Å². The minimum absolute atomic E-state index is 0.274. The first-order valence-electron chi connectivity index (χ1n) is 9.47. The van der Waals surface area contributed by atoms with Crippen LogP contribution in [0.4, 0.5) is 0 Å². The summed E-state index contributed by atoms with van der Waals surface area (Å²) in [5, 5.41) is 2.11. The number of hydrogen-bond acceptors (Lipinski definition) is 4. The van der Waals surface area contributed by atoms with Gasteiger partial charge >= 0.3 is 0 Å². The monoisotopic (exact) mass is 370 g/mol. The molecule has 2 saturated heterocycles. The summed E-state index contributed by atoms with van der Waals surface area (Å²) in [6.45, 7) is 2.40. The highest BCUT2D eigenvalue weighted by atomic mass is 32.1. The number of carbonyl (C=O) groups is 1. The highest BCUT2D eigenvalue weighted by molar-refractivity contribution is 7.10. The van der Waals surface area contributed by atoms with E-state index in [1.165, 1.54) is 10.4 Å². The molecule has 0 saturated carbocycles. The fourth-order valence-corrected chi connectivity index (χ4v) is 5.22. The van der Waals surface area contributed by atoms with Gasteiger partial charge in [0, 0.05) is 17.5 Å². The van der Waals surface area contributed by atoms with Crippen LogP contribution < -0.4 is 4.74 Å². The van der Waals surface area contributed by atoms with Gasteiger partial charge in [-0.1, -0.05) is 18.2 Å². The molecule has 1 aromatic heterocycles. The number of carbonyl (C=O) groups excluding carboxylic acids is 1. The number of thiophene rings is 1. The number of nitrogens with zero attached hydrogens (tertiary/aromatic N) is 2. The first-order chi connectivity index (χ1) is 12.8. The van der Waals surface area contributed by atoms with Crippen LogP contribution in [0, 0.1) is 0 Å². The fourth-order valence-electron chi connectivity index (χ4n) is 4.35. The molecule has 26 heavy (non-hydrogen) atoms. The summed E-state index contributed by atoms with van der Waals surface area (Å²) >= 11 is 1.76. The van der Waals surface area contributed by atoms with Gasteiger partial charge in [0.2, 0.25) is 5.91 Å². The Hall–Kier alpha value is -1.85. The van der Waals surface area contributed by atoms with E-state index < -0.39 is 0 Å². The molecule has 2 fully saturated rings. The number of rotatable bonds is 5. The van der Waals surface area contributed by atoms with E-state index in [9.17, 15) is 4.79 Å². The Morgan fingerprint density at radius 2 is 2.00 bits per heavy atom. The van der Waals surface area contributed by atoms with Gasteiger partial charge in [0.15, 0.2) is 0 Å². The van der Waals surface area contributed by atoms with E-state index in [-0.39, 0.29) is 11.9 Å². The lowest BCUT2D eigenvalue weighted by Gasteiger charge is -2.29. The molecule has 3 heterocycles. The zero-order chi connectivity index (χ0) is 17.9. The lowest BCUT2D eigenvalue weighted by atomic mass is 10.0. The van der Waals surface area contributed by atoms with Gasteiger partial charge in [0.1, 0.15) is 5.75 Å². The standard InChI is InChI=1S/C21H26N2O2S/c1-25-17-7-2-6-16(14-17)18-8-3-11-22(18)15-21(24)23-12-4-9-19(23)20-10-5-13-26-20/h2,5-7,10,13-14,18-19H,3-4,8-9,11-12,15H2,1H3. The van der Waals surface area contributed by atoms with Crippen molar-refractivity contribution in [1.82, 2.24) is 9.80 Å². The number of methoxy groups -OCH3 is 1. The van der Waals surface area contributed by atoms with Crippen molar-refractivity contribution in [2.24, 2.45) is 0 Å². The Kier molecular flexibility index (Phi) is 5.27. The summed E-state index contributed by atoms with van der Waals surface area (Å²) in [4.78, 5) is 18.8. The van der Waals surface area contributed by atoms with Crippen LogP contribution in [0.15, 0.2) is 41.8 Å². The van der Waals surface area contributed by atoms with E-state index in [0.29, 0.717) is 12.6 Å². The zero-order valence-electron chi connectivity index (χ0n) is 15.3. The van der Waals surface area contributed by atoms with Crippen molar-refractivity contribution in [2.75, 3.05) is 26.7 Å². The first kappa shape index (κ1) is 17.6. The van der Waals surface area contributed by atoms with Crippen molar-refractivity contribution < 1.29 is 9.53 Å². The molecule has 2 atom stereocenters. The van der Waals surface area contributed by atoms with Crippen molar-refractivity contribution in [3.63, 3.8) is 0 Å². The summed E-state index contributed by atoms with van der Waals surface area (Å²) in [5.41, 5.74) is 1.26. The third kappa shape index (κ3) is 3.51. The highest BCUT2D eigenvalue weighted by Crippen LogP contribution is 2.36. The van der Waals surface area contributed by atoms with Gasteiger partial charge in [-0.15, -0.1) is 11.3 Å². The minimum atomic E-state index is 0.274. The molecular formula is C21H26N2O2S. The highest BCUT2D eigenvalue weighted by Gasteiger charge is 2.34. The SMILES string of the molecule is COc1cccc(C2CCCN2CC(=O)N2CCCC2c2cccs2)c1. The molecule has 0 radical (unpaired) electrons.